The van der Waals surface area contributed by atoms with E-state index in [2.05, 4.69) is 13.8 Å². The smallest absolute Gasteiger partial charge is 0.382 e. The Morgan fingerprint density at radius 2 is 1.55 bits per heavy atom. The van der Waals surface area contributed by atoms with E-state index in [4.69, 9.17) is 4.74 Å². The van der Waals surface area contributed by atoms with Crippen LogP contribution in [0.4, 0.5) is 0 Å². The maximum atomic E-state index is 4.83. The first-order valence-electron chi connectivity index (χ1n) is 4.20. The Labute approximate surface area is 84.7 Å². The molecule has 1 nitrogen and oxygen atoms in total. The summed E-state index contributed by atoms with van der Waals surface area (Å²) < 4.78 is 4.83. The Balaban J connectivity index is -0.000000107. The molecule has 0 N–H and O–H groups in total. The summed E-state index contributed by atoms with van der Waals surface area (Å²) in [7, 11) is 0. The van der Waals surface area contributed by atoms with Gasteiger partial charge in [-0.25, -0.2) is 0 Å². The van der Waals surface area contributed by atoms with Crippen molar-refractivity contribution in [2.24, 2.45) is 0 Å². The van der Waals surface area contributed by atoms with Crippen molar-refractivity contribution in [2.45, 2.75) is 40.0 Å². The molecule has 0 aromatic carbocycles. The van der Waals surface area contributed by atoms with E-state index < -0.39 is 0 Å². The third kappa shape index (κ3) is 37.1. The van der Waals surface area contributed by atoms with E-state index in [1.807, 2.05) is 13.8 Å². The van der Waals surface area contributed by atoms with Crippen LogP contribution in [0.15, 0.2) is 0 Å². The molecule has 0 heterocycles. The van der Waals surface area contributed by atoms with Gasteiger partial charge in [0.2, 0.25) is 0 Å². The van der Waals surface area contributed by atoms with Crippen molar-refractivity contribution in [3.63, 3.8) is 0 Å². The first kappa shape index (κ1) is 17.6. The van der Waals surface area contributed by atoms with Crippen LogP contribution in [0.2, 0.25) is 0 Å². The molecule has 11 heavy (non-hydrogen) atoms. The van der Waals surface area contributed by atoms with Crippen molar-refractivity contribution >= 4 is 0 Å². The van der Waals surface area contributed by atoms with Gasteiger partial charge >= 0.3 is 19.5 Å². The second kappa shape index (κ2) is 22.4. The monoisotopic (exact) mass is 247 g/mol. The predicted octanol–water partition coefficient (Wildman–Crippen LogP) is 3.05. The molecule has 0 saturated carbocycles. The van der Waals surface area contributed by atoms with Gasteiger partial charge in [-0.1, -0.05) is 19.8 Å². The molecular weight excluding hydrogens is 225 g/mol. The summed E-state index contributed by atoms with van der Waals surface area (Å²) in [4.78, 5) is 0. The zero-order valence-electron chi connectivity index (χ0n) is 8.00. The van der Waals surface area contributed by atoms with Crippen LogP contribution >= 0.6 is 0 Å². The van der Waals surface area contributed by atoms with Crippen molar-refractivity contribution in [1.82, 2.24) is 0 Å². The standard InChI is InChI=1S/C5H11.C4H10O.Ru/c2*1-3-5-4-2;/h1,3-5H2,2H3;3-4H2,1-2H3;/q-1;;+1. The van der Waals surface area contributed by atoms with Crippen LogP contribution in [0.1, 0.15) is 40.0 Å². The summed E-state index contributed by atoms with van der Waals surface area (Å²) in [6.45, 7) is 11.5. The van der Waals surface area contributed by atoms with E-state index in [9.17, 15) is 0 Å². The molecule has 0 aromatic heterocycles. The number of hydrogen-bond donors (Lipinski definition) is 0. The average molecular weight is 246 g/mol. The van der Waals surface area contributed by atoms with Crippen LogP contribution in [0.25, 0.3) is 0 Å². The Bertz CT molecular complexity index is 30.5. The molecule has 1 radical (unpaired) electrons. The van der Waals surface area contributed by atoms with Gasteiger partial charge in [0.25, 0.3) is 0 Å². The third-order valence-electron chi connectivity index (χ3n) is 1.01. The van der Waals surface area contributed by atoms with Crippen molar-refractivity contribution in [3.05, 3.63) is 6.92 Å². The number of rotatable bonds is 4. The van der Waals surface area contributed by atoms with Crippen LogP contribution in [0, 0.1) is 6.92 Å². The molecule has 0 saturated heterocycles. The quantitative estimate of drug-likeness (QED) is 0.547. The molecule has 0 rings (SSSR count). The fraction of sp³-hybridized carbons (Fsp3) is 0.889. The molecule has 0 bridgehead atoms. The van der Waals surface area contributed by atoms with Gasteiger partial charge in [-0.15, -0.1) is 0 Å². The zero-order valence-corrected chi connectivity index (χ0v) is 9.74. The van der Waals surface area contributed by atoms with Crippen LogP contribution in [-0.2, 0) is 24.2 Å². The first-order chi connectivity index (χ1) is 4.83. The maximum absolute atomic E-state index is 4.83. The van der Waals surface area contributed by atoms with Crippen LogP contribution in [-0.4, -0.2) is 13.2 Å². The molecule has 0 aromatic rings. The minimum atomic E-state index is 0. The van der Waals surface area contributed by atoms with Gasteiger partial charge < -0.3 is 11.7 Å². The van der Waals surface area contributed by atoms with E-state index in [1.165, 1.54) is 12.8 Å². The number of ether oxygens (including phenoxy) is 1. The normalized spacial score (nSPS) is 7.64. The van der Waals surface area contributed by atoms with E-state index in [1.54, 1.807) is 0 Å². The second-order valence-corrected chi connectivity index (χ2v) is 1.99. The van der Waals surface area contributed by atoms with E-state index in [0.29, 0.717) is 0 Å². The largest absolute Gasteiger partial charge is 1.00 e. The molecule has 0 spiro atoms. The van der Waals surface area contributed by atoms with E-state index in [-0.39, 0.29) is 19.5 Å². The molecule has 0 atom stereocenters. The van der Waals surface area contributed by atoms with Gasteiger partial charge in [-0.05, 0) is 13.8 Å². The summed E-state index contributed by atoms with van der Waals surface area (Å²) >= 11 is 0. The molecule has 0 amide bonds. The van der Waals surface area contributed by atoms with Crippen LogP contribution in [0.3, 0.4) is 0 Å². The average Bonchev–Trinajstić information content (AvgIpc) is 1.93. The summed E-state index contributed by atoms with van der Waals surface area (Å²) in [6, 6.07) is 0. The van der Waals surface area contributed by atoms with Crippen molar-refractivity contribution < 1.29 is 24.2 Å². The Morgan fingerprint density at radius 1 is 1.09 bits per heavy atom. The van der Waals surface area contributed by atoms with E-state index in [0.717, 1.165) is 19.6 Å². The molecule has 0 aliphatic carbocycles. The summed E-state index contributed by atoms with van der Waals surface area (Å²) in [6.07, 6.45) is 3.65. The summed E-state index contributed by atoms with van der Waals surface area (Å²) in [5.74, 6) is 0. The van der Waals surface area contributed by atoms with Gasteiger partial charge in [0, 0.05) is 13.2 Å². The SMILES string of the molecule is CCOCC.[CH2-]CCCC.[Ru+]. The molecule has 0 aliphatic heterocycles. The Morgan fingerprint density at radius 3 is 1.55 bits per heavy atom. The zero-order chi connectivity index (χ0) is 8.24. The number of hydrogen-bond acceptors (Lipinski definition) is 1. The molecular formula is C9H21ORu. The van der Waals surface area contributed by atoms with Crippen LogP contribution < -0.4 is 0 Å². The molecule has 0 unspecified atom stereocenters. The molecule has 71 valence electrons. The minimum absolute atomic E-state index is 0. The Hall–Kier alpha value is 0.583. The second-order valence-electron chi connectivity index (χ2n) is 1.99. The maximum Gasteiger partial charge on any atom is 1.00 e. The molecule has 0 aliphatic rings. The topological polar surface area (TPSA) is 9.23 Å². The van der Waals surface area contributed by atoms with Gasteiger partial charge in [0.15, 0.2) is 0 Å². The molecule has 0 fully saturated rings. The number of unbranched alkanes of at least 4 members (excludes halogenated alkanes) is 2. The summed E-state index contributed by atoms with van der Waals surface area (Å²) in [5, 5.41) is 0. The summed E-state index contributed by atoms with van der Waals surface area (Å²) in [5.41, 5.74) is 0. The van der Waals surface area contributed by atoms with Gasteiger partial charge in [0.05, 0.1) is 0 Å². The fourth-order valence-corrected chi connectivity index (χ4v) is 0.454. The van der Waals surface area contributed by atoms with Gasteiger partial charge in [0.1, 0.15) is 0 Å². The van der Waals surface area contributed by atoms with Gasteiger partial charge in [-0.2, -0.15) is 6.42 Å². The van der Waals surface area contributed by atoms with Crippen molar-refractivity contribution in [2.75, 3.05) is 13.2 Å². The fourth-order valence-electron chi connectivity index (χ4n) is 0.454. The van der Waals surface area contributed by atoms with Crippen molar-refractivity contribution in [3.8, 4) is 0 Å². The first-order valence-corrected chi connectivity index (χ1v) is 4.20. The predicted molar refractivity (Wildman–Crippen MR) is 47.0 cm³/mol. The Kier molecular flexibility index (Phi) is 35.9. The molecule has 2 heteroatoms. The van der Waals surface area contributed by atoms with E-state index >= 15 is 0 Å². The van der Waals surface area contributed by atoms with Crippen molar-refractivity contribution in [1.29, 1.82) is 0 Å². The van der Waals surface area contributed by atoms with Gasteiger partial charge in [-0.3, -0.25) is 0 Å². The van der Waals surface area contributed by atoms with Crippen LogP contribution in [0.5, 0.6) is 0 Å². The third-order valence-corrected chi connectivity index (χ3v) is 1.01. The minimum Gasteiger partial charge on any atom is -0.382 e.